The first kappa shape index (κ1) is 11.6. The summed E-state index contributed by atoms with van der Waals surface area (Å²) in [6, 6.07) is 0. The number of hydrogen-bond acceptors (Lipinski definition) is 3. The van der Waals surface area contributed by atoms with Gasteiger partial charge in [0.15, 0.2) is 0 Å². The van der Waals surface area contributed by atoms with Gasteiger partial charge in [0.1, 0.15) is 0 Å². The topological polar surface area (TPSA) is 40.6 Å². The van der Waals surface area contributed by atoms with Crippen molar-refractivity contribution < 1.29 is 9.59 Å². The highest BCUT2D eigenvalue weighted by molar-refractivity contribution is 6.06. The molecule has 0 unspecified atom stereocenters. The summed E-state index contributed by atoms with van der Waals surface area (Å²) in [5.41, 5.74) is 0. The van der Waals surface area contributed by atoms with E-state index in [1.807, 2.05) is 0 Å². The zero-order chi connectivity index (χ0) is 13.0. The highest BCUT2D eigenvalue weighted by Crippen LogP contribution is 2.52. The predicted molar refractivity (Wildman–Crippen MR) is 69.9 cm³/mol. The summed E-state index contributed by atoms with van der Waals surface area (Å²) < 4.78 is 0. The van der Waals surface area contributed by atoms with Gasteiger partial charge in [-0.1, -0.05) is 18.6 Å². The summed E-state index contributed by atoms with van der Waals surface area (Å²) in [7, 11) is 0. The molecule has 102 valence electrons. The van der Waals surface area contributed by atoms with Gasteiger partial charge in [0, 0.05) is 0 Å². The third kappa shape index (κ3) is 1.62. The van der Waals surface area contributed by atoms with Crippen LogP contribution >= 0.6 is 0 Å². The molecule has 3 fully saturated rings. The second kappa shape index (κ2) is 4.17. The SMILES string of the molecule is O=C1[C@@H]2[C@@H](C(=O)N1CN1CCCCC1)[C@@H]1C=C[C@@H]2C1. The molecular formula is C15H20N2O2. The molecule has 2 bridgehead atoms. The van der Waals surface area contributed by atoms with Gasteiger partial charge in [0.25, 0.3) is 0 Å². The number of carbonyl (C=O) groups is 2. The van der Waals surface area contributed by atoms with E-state index in [-0.39, 0.29) is 23.7 Å². The Hall–Kier alpha value is -1.16. The van der Waals surface area contributed by atoms with Crippen molar-refractivity contribution in [2.24, 2.45) is 23.7 Å². The normalized spacial score (nSPS) is 41.4. The van der Waals surface area contributed by atoms with E-state index in [4.69, 9.17) is 0 Å². The third-order valence-corrected chi connectivity index (χ3v) is 5.35. The standard InChI is InChI=1S/C15H20N2O2/c18-14-12-10-4-5-11(8-10)13(12)15(19)17(14)9-16-6-2-1-3-7-16/h4-5,10-13H,1-3,6-9H2/t10-,11-,12+,13+/m1/s1. The molecule has 4 rings (SSSR count). The minimum atomic E-state index is -0.0349. The van der Waals surface area contributed by atoms with Crippen LogP contribution in [0.5, 0.6) is 0 Å². The van der Waals surface area contributed by atoms with E-state index in [1.54, 1.807) is 4.90 Å². The lowest BCUT2D eigenvalue weighted by atomic mass is 9.85. The van der Waals surface area contributed by atoms with Gasteiger partial charge in [-0.2, -0.15) is 0 Å². The highest BCUT2D eigenvalue weighted by atomic mass is 16.2. The van der Waals surface area contributed by atoms with E-state index >= 15 is 0 Å². The summed E-state index contributed by atoms with van der Waals surface area (Å²) in [6.45, 7) is 2.58. The Kier molecular flexibility index (Phi) is 2.56. The van der Waals surface area contributed by atoms with E-state index in [2.05, 4.69) is 17.1 Å². The minimum absolute atomic E-state index is 0.0349. The number of likely N-dealkylation sites (tertiary alicyclic amines) is 2. The van der Waals surface area contributed by atoms with Crippen LogP contribution in [0.25, 0.3) is 0 Å². The molecule has 2 aliphatic heterocycles. The van der Waals surface area contributed by atoms with Crippen molar-refractivity contribution in [3.8, 4) is 0 Å². The predicted octanol–water partition coefficient (Wildman–Crippen LogP) is 1.24. The first-order chi connectivity index (χ1) is 9.25. The van der Waals surface area contributed by atoms with Crippen LogP contribution in [0.3, 0.4) is 0 Å². The molecule has 2 aliphatic carbocycles. The van der Waals surface area contributed by atoms with Crippen molar-refractivity contribution in [1.29, 1.82) is 0 Å². The Balaban J connectivity index is 1.52. The molecule has 4 aliphatic rings. The number of imide groups is 1. The summed E-state index contributed by atoms with van der Waals surface area (Å²) >= 11 is 0. The van der Waals surface area contributed by atoms with Crippen molar-refractivity contribution in [1.82, 2.24) is 9.80 Å². The van der Waals surface area contributed by atoms with Crippen LogP contribution in [0.1, 0.15) is 25.7 Å². The van der Waals surface area contributed by atoms with Crippen LogP contribution in [0.2, 0.25) is 0 Å². The summed E-state index contributed by atoms with van der Waals surface area (Å²) in [5.74, 6) is 0.782. The largest absolute Gasteiger partial charge is 0.286 e. The van der Waals surface area contributed by atoms with Crippen molar-refractivity contribution in [3.05, 3.63) is 12.2 Å². The molecule has 0 radical (unpaired) electrons. The molecule has 0 aromatic heterocycles. The molecule has 4 atom stereocenters. The number of carbonyl (C=O) groups excluding carboxylic acids is 2. The number of piperidine rings is 1. The third-order valence-electron chi connectivity index (χ3n) is 5.35. The maximum Gasteiger partial charge on any atom is 0.234 e. The average molecular weight is 260 g/mol. The molecular weight excluding hydrogens is 240 g/mol. The summed E-state index contributed by atoms with van der Waals surface area (Å²) in [4.78, 5) is 28.8. The Morgan fingerprint density at radius 3 is 2.11 bits per heavy atom. The number of allylic oxidation sites excluding steroid dienone is 2. The van der Waals surface area contributed by atoms with Gasteiger partial charge in [0.2, 0.25) is 11.8 Å². The highest BCUT2D eigenvalue weighted by Gasteiger charge is 2.59. The zero-order valence-corrected chi connectivity index (χ0v) is 11.1. The van der Waals surface area contributed by atoms with Crippen molar-refractivity contribution in [3.63, 3.8) is 0 Å². The molecule has 1 saturated carbocycles. The van der Waals surface area contributed by atoms with Crippen LogP contribution in [-0.2, 0) is 9.59 Å². The second-order valence-electron chi connectivity index (χ2n) is 6.42. The molecule has 0 aromatic rings. The first-order valence-electron chi connectivity index (χ1n) is 7.51. The van der Waals surface area contributed by atoms with Crippen molar-refractivity contribution >= 4 is 11.8 Å². The zero-order valence-electron chi connectivity index (χ0n) is 11.1. The Morgan fingerprint density at radius 2 is 1.53 bits per heavy atom. The summed E-state index contributed by atoms with van der Waals surface area (Å²) in [5, 5.41) is 0. The van der Waals surface area contributed by atoms with E-state index in [0.29, 0.717) is 18.5 Å². The fourth-order valence-electron chi connectivity index (χ4n) is 4.40. The number of rotatable bonds is 2. The molecule has 2 heterocycles. The number of fused-ring (bicyclic) bond motifs is 5. The number of nitrogens with zero attached hydrogens (tertiary/aromatic N) is 2. The second-order valence-corrected chi connectivity index (χ2v) is 6.42. The molecule has 0 N–H and O–H groups in total. The van der Waals surface area contributed by atoms with Gasteiger partial charge in [-0.25, -0.2) is 0 Å². The molecule has 0 aromatic carbocycles. The van der Waals surface area contributed by atoms with Crippen LogP contribution in [0.4, 0.5) is 0 Å². The Labute approximate surface area is 113 Å². The van der Waals surface area contributed by atoms with Crippen LogP contribution in [-0.4, -0.2) is 41.4 Å². The maximum absolute atomic E-state index is 12.5. The fourth-order valence-corrected chi connectivity index (χ4v) is 4.40. The molecule has 2 amide bonds. The lowest BCUT2D eigenvalue weighted by Crippen LogP contribution is -2.44. The minimum Gasteiger partial charge on any atom is -0.286 e. The maximum atomic E-state index is 12.5. The summed E-state index contributed by atoms with van der Waals surface area (Å²) in [6.07, 6.45) is 8.98. The van der Waals surface area contributed by atoms with Crippen LogP contribution in [0, 0.1) is 23.7 Å². The van der Waals surface area contributed by atoms with Gasteiger partial charge in [0.05, 0.1) is 18.5 Å². The van der Waals surface area contributed by atoms with Gasteiger partial charge < -0.3 is 0 Å². The van der Waals surface area contributed by atoms with Crippen LogP contribution in [0.15, 0.2) is 12.2 Å². The van der Waals surface area contributed by atoms with E-state index in [0.717, 1.165) is 19.5 Å². The fraction of sp³-hybridized carbons (Fsp3) is 0.733. The van der Waals surface area contributed by atoms with Gasteiger partial charge >= 0.3 is 0 Å². The van der Waals surface area contributed by atoms with E-state index in [9.17, 15) is 9.59 Å². The van der Waals surface area contributed by atoms with E-state index in [1.165, 1.54) is 19.3 Å². The van der Waals surface area contributed by atoms with Gasteiger partial charge in [-0.3, -0.25) is 19.4 Å². The quantitative estimate of drug-likeness (QED) is 0.554. The van der Waals surface area contributed by atoms with Crippen LogP contribution < -0.4 is 0 Å². The Morgan fingerprint density at radius 1 is 0.947 bits per heavy atom. The van der Waals surface area contributed by atoms with Gasteiger partial charge in [-0.05, 0) is 44.2 Å². The first-order valence-corrected chi connectivity index (χ1v) is 7.51. The lowest BCUT2D eigenvalue weighted by molar-refractivity contribution is -0.143. The monoisotopic (exact) mass is 260 g/mol. The number of hydrogen-bond donors (Lipinski definition) is 0. The Bertz CT molecular complexity index is 423. The molecule has 4 heteroatoms. The average Bonchev–Trinajstić information content (AvgIpc) is 3.10. The lowest BCUT2D eigenvalue weighted by Gasteiger charge is -2.30. The van der Waals surface area contributed by atoms with Crippen molar-refractivity contribution in [2.45, 2.75) is 25.7 Å². The molecule has 2 saturated heterocycles. The molecule has 4 nitrogen and oxygen atoms in total. The van der Waals surface area contributed by atoms with Crippen molar-refractivity contribution in [2.75, 3.05) is 19.8 Å². The molecule has 0 spiro atoms. The number of amides is 2. The smallest absolute Gasteiger partial charge is 0.234 e. The van der Waals surface area contributed by atoms with E-state index < -0.39 is 0 Å². The van der Waals surface area contributed by atoms with Gasteiger partial charge in [-0.15, -0.1) is 0 Å². The molecule has 19 heavy (non-hydrogen) atoms.